The van der Waals surface area contributed by atoms with Gasteiger partial charge < -0.3 is 11.1 Å². The van der Waals surface area contributed by atoms with Gasteiger partial charge in [-0.2, -0.15) is 5.10 Å². The molecular formula is C13H16N4O2S. The van der Waals surface area contributed by atoms with E-state index in [2.05, 4.69) is 10.4 Å². The van der Waals surface area contributed by atoms with Gasteiger partial charge in [0.15, 0.2) is 0 Å². The zero-order chi connectivity index (χ0) is 14.9. The number of amides is 2. The average Bonchev–Trinajstić information content (AvgIpc) is 2.95. The normalized spacial score (nSPS) is 10.8. The highest BCUT2D eigenvalue weighted by Crippen LogP contribution is 2.32. The predicted octanol–water partition coefficient (Wildman–Crippen LogP) is 1.96. The van der Waals surface area contributed by atoms with E-state index in [4.69, 9.17) is 5.73 Å². The summed E-state index contributed by atoms with van der Waals surface area (Å²) >= 11 is 1.37. The van der Waals surface area contributed by atoms with Gasteiger partial charge in [-0.1, -0.05) is 13.8 Å². The van der Waals surface area contributed by atoms with Crippen LogP contribution in [-0.2, 0) is 7.05 Å². The van der Waals surface area contributed by atoms with Crippen molar-refractivity contribution >= 4 is 28.2 Å². The van der Waals surface area contributed by atoms with Gasteiger partial charge in [-0.15, -0.1) is 11.3 Å². The van der Waals surface area contributed by atoms with E-state index >= 15 is 0 Å². The van der Waals surface area contributed by atoms with Crippen molar-refractivity contribution in [2.75, 3.05) is 5.32 Å². The first-order chi connectivity index (χ1) is 9.38. The molecular weight excluding hydrogens is 276 g/mol. The average molecular weight is 292 g/mol. The molecule has 106 valence electrons. The van der Waals surface area contributed by atoms with Crippen molar-refractivity contribution in [2.45, 2.75) is 19.8 Å². The molecule has 2 rings (SSSR count). The molecule has 2 amide bonds. The molecule has 0 unspecified atom stereocenters. The van der Waals surface area contributed by atoms with Crippen LogP contribution in [0.1, 0.15) is 45.4 Å². The Morgan fingerprint density at radius 1 is 1.45 bits per heavy atom. The molecule has 2 heterocycles. The van der Waals surface area contributed by atoms with Crippen molar-refractivity contribution in [3.63, 3.8) is 0 Å². The van der Waals surface area contributed by atoms with Crippen LogP contribution in [0.25, 0.3) is 0 Å². The fourth-order valence-electron chi connectivity index (χ4n) is 1.68. The lowest BCUT2D eigenvalue weighted by atomic mass is 10.1. The molecule has 20 heavy (non-hydrogen) atoms. The van der Waals surface area contributed by atoms with Gasteiger partial charge in [0.25, 0.3) is 11.8 Å². The van der Waals surface area contributed by atoms with E-state index in [0.29, 0.717) is 16.1 Å². The highest BCUT2D eigenvalue weighted by Gasteiger charge is 2.18. The number of aryl methyl sites for hydroxylation is 1. The third-order valence-electron chi connectivity index (χ3n) is 2.78. The number of primary amides is 1. The summed E-state index contributed by atoms with van der Waals surface area (Å²) in [6, 6.07) is 1.73. The summed E-state index contributed by atoms with van der Waals surface area (Å²) in [5.74, 6) is -0.588. The SMILES string of the molecule is CC(C)c1cc(C(N)=O)c(NC(=O)c2cnn(C)c2)s1. The molecule has 0 aliphatic carbocycles. The molecule has 6 nitrogen and oxygen atoms in total. The van der Waals surface area contributed by atoms with Crippen molar-refractivity contribution in [1.82, 2.24) is 9.78 Å². The van der Waals surface area contributed by atoms with Crippen molar-refractivity contribution in [3.8, 4) is 0 Å². The van der Waals surface area contributed by atoms with E-state index in [0.717, 1.165) is 4.88 Å². The van der Waals surface area contributed by atoms with Gasteiger partial charge in [-0.3, -0.25) is 14.3 Å². The molecule has 0 atom stereocenters. The molecule has 0 fully saturated rings. The fraction of sp³-hybridized carbons (Fsp3) is 0.308. The number of carbonyl (C=O) groups is 2. The van der Waals surface area contributed by atoms with E-state index in [1.54, 1.807) is 19.3 Å². The van der Waals surface area contributed by atoms with Gasteiger partial charge >= 0.3 is 0 Å². The number of anilines is 1. The Morgan fingerprint density at radius 2 is 2.15 bits per heavy atom. The summed E-state index contributed by atoms with van der Waals surface area (Å²) < 4.78 is 1.54. The molecule has 0 bridgehead atoms. The molecule has 0 spiro atoms. The zero-order valence-electron chi connectivity index (χ0n) is 11.5. The minimum atomic E-state index is -0.547. The second kappa shape index (κ2) is 5.46. The molecule has 0 radical (unpaired) electrons. The van der Waals surface area contributed by atoms with Crippen molar-refractivity contribution in [3.05, 3.63) is 34.5 Å². The van der Waals surface area contributed by atoms with E-state index < -0.39 is 5.91 Å². The standard InChI is InChI=1S/C13H16N4O2S/c1-7(2)10-4-9(11(14)18)13(20-10)16-12(19)8-5-15-17(3)6-8/h4-7H,1-3H3,(H2,14,18)(H,16,19). The van der Waals surface area contributed by atoms with E-state index in [-0.39, 0.29) is 11.8 Å². The quantitative estimate of drug-likeness (QED) is 0.902. The van der Waals surface area contributed by atoms with Gasteiger partial charge in [0, 0.05) is 18.1 Å². The Hall–Kier alpha value is -2.15. The van der Waals surface area contributed by atoms with Crippen LogP contribution in [0, 0.1) is 0 Å². The van der Waals surface area contributed by atoms with Crippen LogP contribution in [0.15, 0.2) is 18.5 Å². The van der Waals surface area contributed by atoms with Crippen LogP contribution in [0.2, 0.25) is 0 Å². The maximum absolute atomic E-state index is 12.1. The van der Waals surface area contributed by atoms with Crippen molar-refractivity contribution in [2.24, 2.45) is 12.8 Å². The van der Waals surface area contributed by atoms with Crippen molar-refractivity contribution in [1.29, 1.82) is 0 Å². The summed E-state index contributed by atoms with van der Waals surface area (Å²) in [6.45, 7) is 4.03. The van der Waals surface area contributed by atoms with Crippen LogP contribution < -0.4 is 11.1 Å². The molecule has 0 aromatic carbocycles. The monoisotopic (exact) mass is 292 g/mol. The molecule has 7 heteroatoms. The smallest absolute Gasteiger partial charge is 0.259 e. The lowest BCUT2D eigenvalue weighted by molar-refractivity contribution is 0.100. The second-order valence-corrected chi connectivity index (χ2v) is 5.85. The van der Waals surface area contributed by atoms with E-state index in [1.165, 1.54) is 22.2 Å². The fourth-order valence-corrected chi connectivity index (χ4v) is 2.75. The van der Waals surface area contributed by atoms with Gasteiger partial charge in [0.1, 0.15) is 5.00 Å². The molecule has 0 aliphatic heterocycles. The number of hydrogen-bond donors (Lipinski definition) is 2. The number of aromatic nitrogens is 2. The molecule has 2 aromatic heterocycles. The topological polar surface area (TPSA) is 90.0 Å². The summed E-state index contributed by atoms with van der Waals surface area (Å²) in [4.78, 5) is 24.5. The van der Waals surface area contributed by atoms with Crippen LogP contribution in [0.5, 0.6) is 0 Å². The number of rotatable bonds is 4. The number of hydrogen-bond acceptors (Lipinski definition) is 4. The first-order valence-corrected chi connectivity index (χ1v) is 6.93. The van der Waals surface area contributed by atoms with Crippen LogP contribution in [-0.4, -0.2) is 21.6 Å². The number of nitrogens with two attached hydrogens (primary N) is 1. The third kappa shape index (κ3) is 2.88. The maximum atomic E-state index is 12.1. The third-order valence-corrected chi connectivity index (χ3v) is 4.13. The summed E-state index contributed by atoms with van der Waals surface area (Å²) in [5, 5.41) is 7.14. The van der Waals surface area contributed by atoms with Gasteiger partial charge in [-0.25, -0.2) is 0 Å². The number of nitrogens with one attached hydrogen (secondary N) is 1. The molecule has 0 saturated carbocycles. The van der Waals surface area contributed by atoms with Gasteiger partial charge in [0.2, 0.25) is 0 Å². The first kappa shape index (κ1) is 14.3. The van der Waals surface area contributed by atoms with Crippen molar-refractivity contribution < 1.29 is 9.59 Å². The lowest BCUT2D eigenvalue weighted by Crippen LogP contribution is -2.16. The lowest BCUT2D eigenvalue weighted by Gasteiger charge is -2.02. The largest absolute Gasteiger partial charge is 0.366 e. The predicted molar refractivity (Wildman–Crippen MR) is 78.1 cm³/mol. The minimum Gasteiger partial charge on any atom is -0.366 e. The first-order valence-electron chi connectivity index (χ1n) is 6.12. The maximum Gasteiger partial charge on any atom is 0.259 e. The summed E-state index contributed by atoms with van der Waals surface area (Å²) in [6.07, 6.45) is 3.08. The van der Waals surface area contributed by atoms with Gasteiger partial charge in [0.05, 0.1) is 17.3 Å². The molecule has 2 aromatic rings. The van der Waals surface area contributed by atoms with Crippen LogP contribution >= 0.6 is 11.3 Å². The summed E-state index contributed by atoms with van der Waals surface area (Å²) in [7, 11) is 1.73. The number of carbonyl (C=O) groups excluding carboxylic acids is 2. The number of thiophene rings is 1. The Morgan fingerprint density at radius 3 is 2.65 bits per heavy atom. The van der Waals surface area contributed by atoms with Gasteiger partial charge in [-0.05, 0) is 12.0 Å². The Bertz CT molecular complexity index is 657. The zero-order valence-corrected chi connectivity index (χ0v) is 12.3. The molecule has 0 saturated heterocycles. The van der Waals surface area contributed by atoms with E-state index in [9.17, 15) is 9.59 Å². The highest BCUT2D eigenvalue weighted by molar-refractivity contribution is 7.16. The van der Waals surface area contributed by atoms with E-state index in [1.807, 2.05) is 13.8 Å². The second-order valence-electron chi connectivity index (χ2n) is 4.77. The van der Waals surface area contributed by atoms with Crippen LogP contribution in [0.3, 0.4) is 0 Å². The minimum absolute atomic E-state index is 0.266. The number of nitrogens with zero attached hydrogens (tertiary/aromatic N) is 2. The summed E-state index contributed by atoms with van der Waals surface area (Å²) in [5.41, 5.74) is 6.12. The Kier molecular flexibility index (Phi) is 3.89. The Labute approximate surface area is 120 Å². The highest BCUT2D eigenvalue weighted by atomic mass is 32.1. The Balaban J connectivity index is 2.28. The van der Waals surface area contributed by atoms with Crippen LogP contribution in [0.4, 0.5) is 5.00 Å². The molecule has 3 N–H and O–H groups in total. The molecule has 0 aliphatic rings.